The van der Waals surface area contributed by atoms with E-state index in [4.69, 9.17) is 4.74 Å². The van der Waals surface area contributed by atoms with Crippen molar-refractivity contribution in [1.29, 1.82) is 0 Å². The van der Waals surface area contributed by atoms with Crippen LogP contribution in [0.25, 0.3) is 0 Å². The van der Waals surface area contributed by atoms with Crippen LogP contribution in [0.5, 0.6) is 0 Å². The molecule has 0 atom stereocenters. The standard InChI is InChI=1S/C26H33FN4O4/c1-3-35-24(32)18-28-26(34)30-15-12-29(13-16-30)14-17-31(19-21-6-10-23(27)11-7-21)25(33)22-8-4-20(2)5-9-22/h4-11H,3,12-19H2,1-2H3,(H,28,34). The first-order chi connectivity index (χ1) is 16.9. The number of nitrogens with one attached hydrogen (secondary N) is 1. The average molecular weight is 485 g/mol. The number of carbonyl (C=O) groups is 3. The monoisotopic (exact) mass is 484 g/mol. The van der Waals surface area contributed by atoms with Gasteiger partial charge in [-0.05, 0) is 43.7 Å². The molecule has 0 unspecified atom stereocenters. The van der Waals surface area contributed by atoms with Crippen molar-refractivity contribution in [3.8, 4) is 0 Å². The predicted molar refractivity (Wildman–Crippen MR) is 130 cm³/mol. The zero-order valence-electron chi connectivity index (χ0n) is 20.3. The minimum absolute atomic E-state index is 0.0775. The molecule has 3 rings (SSSR count). The third kappa shape index (κ3) is 8.06. The summed E-state index contributed by atoms with van der Waals surface area (Å²) in [5.41, 5.74) is 2.55. The van der Waals surface area contributed by atoms with Gasteiger partial charge in [0, 0.05) is 51.4 Å². The molecule has 1 fully saturated rings. The summed E-state index contributed by atoms with van der Waals surface area (Å²) in [6, 6.07) is 13.4. The van der Waals surface area contributed by atoms with E-state index >= 15 is 0 Å². The quantitative estimate of drug-likeness (QED) is 0.554. The third-order valence-corrected chi connectivity index (χ3v) is 5.91. The molecule has 188 valence electrons. The number of aryl methyl sites for hydroxylation is 1. The maximum Gasteiger partial charge on any atom is 0.325 e. The van der Waals surface area contributed by atoms with Crippen molar-refractivity contribution in [3.63, 3.8) is 0 Å². The van der Waals surface area contributed by atoms with E-state index in [2.05, 4.69) is 10.2 Å². The fraction of sp³-hybridized carbons (Fsp3) is 0.423. The molecule has 1 aliphatic rings. The number of piperazine rings is 1. The molecule has 1 aliphatic heterocycles. The van der Waals surface area contributed by atoms with Gasteiger partial charge in [-0.25, -0.2) is 9.18 Å². The zero-order chi connectivity index (χ0) is 25.2. The van der Waals surface area contributed by atoms with Crippen LogP contribution in [-0.2, 0) is 16.1 Å². The molecular weight excluding hydrogens is 451 g/mol. The third-order valence-electron chi connectivity index (χ3n) is 5.91. The Hall–Kier alpha value is -3.46. The second-order valence-corrected chi connectivity index (χ2v) is 8.51. The van der Waals surface area contributed by atoms with Crippen molar-refractivity contribution >= 4 is 17.9 Å². The van der Waals surface area contributed by atoms with Gasteiger partial charge in [-0.3, -0.25) is 14.5 Å². The molecule has 0 spiro atoms. The van der Waals surface area contributed by atoms with E-state index in [1.165, 1.54) is 12.1 Å². The van der Waals surface area contributed by atoms with E-state index in [0.29, 0.717) is 51.4 Å². The smallest absolute Gasteiger partial charge is 0.325 e. The van der Waals surface area contributed by atoms with Crippen molar-refractivity contribution in [2.75, 3.05) is 52.4 Å². The van der Waals surface area contributed by atoms with E-state index in [1.54, 1.807) is 28.9 Å². The maximum atomic E-state index is 13.3. The van der Waals surface area contributed by atoms with Crippen molar-refractivity contribution < 1.29 is 23.5 Å². The summed E-state index contributed by atoms with van der Waals surface area (Å²) in [6.07, 6.45) is 0. The second-order valence-electron chi connectivity index (χ2n) is 8.51. The number of hydrogen-bond acceptors (Lipinski definition) is 5. The number of rotatable bonds is 9. The van der Waals surface area contributed by atoms with Crippen LogP contribution < -0.4 is 5.32 Å². The molecule has 3 amide bonds. The lowest BCUT2D eigenvalue weighted by atomic mass is 10.1. The lowest BCUT2D eigenvalue weighted by Gasteiger charge is -2.35. The predicted octanol–water partition coefficient (Wildman–Crippen LogP) is 2.67. The van der Waals surface area contributed by atoms with E-state index in [1.807, 2.05) is 31.2 Å². The summed E-state index contributed by atoms with van der Waals surface area (Å²) < 4.78 is 18.2. The molecule has 2 aromatic carbocycles. The van der Waals surface area contributed by atoms with E-state index in [0.717, 1.165) is 11.1 Å². The van der Waals surface area contributed by atoms with Gasteiger partial charge in [-0.15, -0.1) is 0 Å². The van der Waals surface area contributed by atoms with Gasteiger partial charge < -0.3 is 19.9 Å². The van der Waals surface area contributed by atoms with Gasteiger partial charge >= 0.3 is 12.0 Å². The van der Waals surface area contributed by atoms with Crippen LogP contribution in [0.2, 0.25) is 0 Å². The number of halogens is 1. The van der Waals surface area contributed by atoms with Crippen LogP contribution in [-0.4, -0.2) is 85.0 Å². The summed E-state index contributed by atoms with van der Waals surface area (Å²) in [5, 5.41) is 2.58. The zero-order valence-corrected chi connectivity index (χ0v) is 20.3. The Morgan fingerprint density at radius 2 is 1.66 bits per heavy atom. The summed E-state index contributed by atoms with van der Waals surface area (Å²) in [6.45, 7) is 7.72. The number of carbonyl (C=O) groups excluding carboxylic acids is 3. The van der Waals surface area contributed by atoms with Crippen molar-refractivity contribution in [2.24, 2.45) is 0 Å². The summed E-state index contributed by atoms with van der Waals surface area (Å²) in [4.78, 5) is 42.6. The van der Waals surface area contributed by atoms with Crippen LogP contribution >= 0.6 is 0 Å². The molecule has 0 saturated carbocycles. The van der Waals surface area contributed by atoms with Crippen LogP contribution in [0.4, 0.5) is 9.18 Å². The number of benzene rings is 2. The van der Waals surface area contributed by atoms with Gasteiger partial charge in [0.1, 0.15) is 12.4 Å². The van der Waals surface area contributed by atoms with Gasteiger partial charge in [0.25, 0.3) is 5.91 Å². The highest BCUT2D eigenvalue weighted by Crippen LogP contribution is 2.13. The number of hydrogen-bond donors (Lipinski definition) is 1. The summed E-state index contributed by atoms with van der Waals surface area (Å²) in [7, 11) is 0. The molecular formula is C26H33FN4O4. The Morgan fingerprint density at radius 1 is 1.00 bits per heavy atom. The van der Waals surface area contributed by atoms with Crippen molar-refractivity contribution in [3.05, 3.63) is 71.0 Å². The van der Waals surface area contributed by atoms with Gasteiger partial charge in [-0.1, -0.05) is 29.8 Å². The van der Waals surface area contributed by atoms with Crippen LogP contribution in [0.1, 0.15) is 28.4 Å². The van der Waals surface area contributed by atoms with Crippen molar-refractivity contribution in [2.45, 2.75) is 20.4 Å². The van der Waals surface area contributed by atoms with E-state index in [9.17, 15) is 18.8 Å². The van der Waals surface area contributed by atoms with E-state index in [-0.39, 0.29) is 30.9 Å². The average Bonchev–Trinajstić information content (AvgIpc) is 2.87. The normalized spacial score (nSPS) is 13.9. The molecule has 0 aliphatic carbocycles. The minimum atomic E-state index is -0.459. The molecule has 1 heterocycles. The SMILES string of the molecule is CCOC(=O)CNC(=O)N1CCN(CCN(Cc2ccc(F)cc2)C(=O)c2ccc(C)cc2)CC1. The largest absolute Gasteiger partial charge is 0.465 e. The highest BCUT2D eigenvalue weighted by Gasteiger charge is 2.23. The molecule has 0 aromatic heterocycles. The van der Waals surface area contributed by atoms with Gasteiger partial charge in [0.2, 0.25) is 0 Å². The Labute approximate surface area is 205 Å². The van der Waals surface area contributed by atoms with Gasteiger partial charge in [0.05, 0.1) is 6.61 Å². The first-order valence-corrected chi connectivity index (χ1v) is 11.9. The number of amides is 3. The van der Waals surface area contributed by atoms with Crippen LogP contribution in [0, 0.1) is 12.7 Å². The Kier molecular flexibility index (Phi) is 9.60. The minimum Gasteiger partial charge on any atom is -0.465 e. The number of ether oxygens (including phenoxy) is 1. The van der Waals surface area contributed by atoms with Crippen molar-refractivity contribution in [1.82, 2.24) is 20.0 Å². The number of nitrogens with zero attached hydrogens (tertiary/aromatic N) is 3. The molecule has 2 aromatic rings. The highest BCUT2D eigenvalue weighted by atomic mass is 19.1. The lowest BCUT2D eigenvalue weighted by molar-refractivity contribution is -0.141. The Balaban J connectivity index is 1.54. The Bertz CT molecular complexity index is 989. The topological polar surface area (TPSA) is 82.2 Å². The molecule has 1 saturated heterocycles. The summed E-state index contributed by atoms with van der Waals surface area (Å²) in [5.74, 6) is -0.848. The highest BCUT2D eigenvalue weighted by molar-refractivity contribution is 5.94. The number of urea groups is 1. The summed E-state index contributed by atoms with van der Waals surface area (Å²) >= 11 is 0. The molecule has 35 heavy (non-hydrogen) atoms. The first-order valence-electron chi connectivity index (χ1n) is 11.9. The molecule has 8 nitrogen and oxygen atoms in total. The maximum absolute atomic E-state index is 13.3. The second kappa shape index (κ2) is 12.9. The van der Waals surface area contributed by atoms with Crippen LogP contribution in [0.15, 0.2) is 48.5 Å². The molecule has 0 radical (unpaired) electrons. The fourth-order valence-corrected chi connectivity index (χ4v) is 3.85. The molecule has 9 heteroatoms. The van der Waals surface area contributed by atoms with E-state index < -0.39 is 5.97 Å². The number of esters is 1. The molecule has 0 bridgehead atoms. The van der Waals surface area contributed by atoms with Gasteiger partial charge in [-0.2, -0.15) is 0 Å². The van der Waals surface area contributed by atoms with Crippen LogP contribution in [0.3, 0.4) is 0 Å². The Morgan fingerprint density at radius 3 is 2.29 bits per heavy atom. The molecule has 1 N–H and O–H groups in total. The first kappa shape index (κ1) is 26.2. The lowest BCUT2D eigenvalue weighted by Crippen LogP contribution is -2.53. The fourth-order valence-electron chi connectivity index (χ4n) is 3.85. The van der Waals surface area contributed by atoms with Gasteiger partial charge in [0.15, 0.2) is 0 Å².